The van der Waals surface area contributed by atoms with E-state index in [0.29, 0.717) is 22.5 Å². The summed E-state index contributed by atoms with van der Waals surface area (Å²) < 4.78 is 42.5. The largest absolute Gasteiger partial charge is 0.264 e. The number of aromatic amines is 1. The van der Waals surface area contributed by atoms with Crippen molar-refractivity contribution in [3.63, 3.8) is 0 Å². The molecule has 150 valence electrons. The maximum atomic E-state index is 14.9. The van der Waals surface area contributed by atoms with Crippen LogP contribution in [0.3, 0.4) is 0 Å². The first-order valence-electron chi connectivity index (χ1n) is 8.75. The van der Waals surface area contributed by atoms with Crippen LogP contribution in [0, 0.1) is 31.5 Å². The Bertz CT molecular complexity index is 1440. The SMILES string of the molecule is Cc1cnc(C)c(S(=O)(=O)Nc2nccc(C#Cc3cnc4[nH]ncc4c3)c2F)c1. The molecule has 4 aromatic heterocycles. The predicted octanol–water partition coefficient (Wildman–Crippen LogP) is 2.70. The smallest absolute Gasteiger partial charge is 0.261 e. The third-order valence-corrected chi connectivity index (χ3v) is 5.67. The second-order valence-electron chi connectivity index (χ2n) is 6.50. The van der Waals surface area contributed by atoms with E-state index in [1.807, 2.05) is 0 Å². The number of halogens is 1. The topological polar surface area (TPSA) is 114 Å². The van der Waals surface area contributed by atoms with E-state index in [-0.39, 0.29) is 10.5 Å². The van der Waals surface area contributed by atoms with Gasteiger partial charge in [0.1, 0.15) is 4.90 Å². The Labute approximate surface area is 171 Å². The van der Waals surface area contributed by atoms with Crippen molar-refractivity contribution in [1.29, 1.82) is 0 Å². The first kappa shape index (κ1) is 19.5. The van der Waals surface area contributed by atoms with Gasteiger partial charge in [0.2, 0.25) is 0 Å². The van der Waals surface area contributed by atoms with Crippen molar-refractivity contribution < 1.29 is 12.8 Å². The number of rotatable bonds is 3. The molecule has 0 saturated carbocycles. The first-order valence-corrected chi connectivity index (χ1v) is 10.2. The highest BCUT2D eigenvalue weighted by atomic mass is 32.2. The quantitative estimate of drug-likeness (QED) is 0.491. The molecule has 0 bridgehead atoms. The molecule has 0 aromatic carbocycles. The maximum absolute atomic E-state index is 14.9. The zero-order valence-electron chi connectivity index (χ0n) is 15.9. The zero-order valence-corrected chi connectivity index (χ0v) is 16.7. The number of hydrogen-bond acceptors (Lipinski definition) is 6. The molecule has 10 heteroatoms. The Hall–Kier alpha value is -3.84. The Morgan fingerprint density at radius 2 is 1.90 bits per heavy atom. The van der Waals surface area contributed by atoms with Gasteiger partial charge in [-0.05, 0) is 37.6 Å². The van der Waals surface area contributed by atoms with Crippen molar-refractivity contribution in [2.24, 2.45) is 0 Å². The predicted molar refractivity (Wildman–Crippen MR) is 109 cm³/mol. The zero-order chi connectivity index (χ0) is 21.3. The van der Waals surface area contributed by atoms with Gasteiger partial charge in [-0.15, -0.1) is 0 Å². The Morgan fingerprint density at radius 3 is 2.73 bits per heavy atom. The summed E-state index contributed by atoms with van der Waals surface area (Å²) in [4.78, 5) is 12.0. The van der Waals surface area contributed by atoms with Gasteiger partial charge in [-0.2, -0.15) is 5.10 Å². The molecular formula is C20H15FN6O2S. The van der Waals surface area contributed by atoms with Gasteiger partial charge in [0.25, 0.3) is 10.0 Å². The molecule has 2 N–H and O–H groups in total. The van der Waals surface area contributed by atoms with E-state index in [0.717, 1.165) is 5.39 Å². The molecule has 8 nitrogen and oxygen atoms in total. The standard InChI is InChI=1S/C20H15FN6O2S/c1-12-7-17(13(2)23-9-12)30(28,29)27-20-18(21)15(5-6-22-20)4-3-14-8-16-11-25-26-19(16)24-10-14/h5-11H,1-2H3,(H,22,27)(H,24,25,26). The number of aryl methyl sites for hydroxylation is 2. The van der Waals surface area contributed by atoms with Gasteiger partial charge in [-0.25, -0.2) is 22.8 Å². The van der Waals surface area contributed by atoms with Crippen molar-refractivity contribution >= 4 is 26.9 Å². The lowest BCUT2D eigenvalue weighted by Gasteiger charge is -2.11. The third kappa shape index (κ3) is 3.83. The molecule has 4 heterocycles. The van der Waals surface area contributed by atoms with Gasteiger partial charge in [-0.3, -0.25) is 14.8 Å². The number of pyridine rings is 3. The Morgan fingerprint density at radius 1 is 1.07 bits per heavy atom. The molecule has 0 spiro atoms. The number of aromatic nitrogens is 5. The molecule has 0 unspecified atom stereocenters. The molecule has 30 heavy (non-hydrogen) atoms. The van der Waals surface area contributed by atoms with Crippen LogP contribution in [0.2, 0.25) is 0 Å². The van der Waals surface area contributed by atoms with Crippen LogP contribution in [-0.4, -0.2) is 33.6 Å². The van der Waals surface area contributed by atoms with Crippen LogP contribution in [0.15, 0.2) is 47.9 Å². The van der Waals surface area contributed by atoms with Gasteiger partial charge in [-0.1, -0.05) is 11.8 Å². The molecule has 0 saturated heterocycles. The molecule has 0 atom stereocenters. The van der Waals surface area contributed by atoms with Gasteiger partial charge >= 0.3 is 0 Å². The van der Waals surface area contributed by atoms with Gasteiger partial charge in [0.05, 0.1) is 17.5 Å². The molecule has 0 amide bonds. The number of nitrogens with one attached hydrogen (secondary N) is 2. The Kier molecular flexibility index (Phi) is 4.89. The number of hydrogen-bond donors (Lipinski definition) is 2. The minimum atomic E-state index is -4.07. The number of nitrogens with zero attached hydrogens (tertiary/aromatic N) is 4. The molecule has 0 radical (unpaired) electrons. The van der Waals surface area contributed by atoms with Crippen molar-refractivity contribution in [2.75, 3.05) is 4.72 Å². The fraction of sp³-hybridized carbons (Fsp3) is 0.100. The van der Waals surface area contributed by atoms with Crippen molar-refractivity contribution in [2.45, 2.75) is 18.7 Å². The van der Waals surface area contributed by atoms with E-state index in [1.54, 1.807) is 32.3 Å². The average molecular weight is 422 g/mol. The minimum absolute atomic E-state index is 0.00548. The van der Waals surface area contributed by atoms with Crippen LogP contribution in [0.4, 0.5) is 10.2 Å². The molecule has 0 aliphatic carbocycles. The monoisotopic (exact) mass is 422 g/mol. The van der Waals surface area contributed by atoms with Crippen LogP contribution in [0.25, 0.3) is 11.0 Å². The van der Waals surface area contributed by atoms with Gasteiger partial charge < -0.3 is 0 Å². The minimum Gasteiger partial charge on any atom is -0.261 e. The normalized spacial score (nSPS) is 11.2. The first-order chi connectivity index (χ1) is 14.3. The summed E-state index contributed by atoms with van der Waals surface area (Å²) in [5.74, 6) is 4.19. The summed E-state index contributed by atoms with van der Waals surface area (Å²) in [7, 11) is -4.07. The lowest BCUT2D eigenvalue weighted by molar-refractivity contribution is 0.596. The number of anilines is 1. The molecular weight excluding hydrogens is 407 g/mol. The number of sulfonamides is 1. The van der Waals surface area contributed by atoms with E-state index in [9.17, 15) is 12.8 Å². The summed E-state index contributed by atoms with van der Waals surface area (Å²) in [5, 5.41) is 7.39. The third-order valence-electron chi connectivity index (χ3n) is 4.22. The highest BCUT2D eigenvalue weighted by molar-refractivity contribution is 7.92. The number of fused-ring (bicyclic) bond motifs is 1. The molecule has 0 fully saturated rings. The van der Waals surface area contributed by atoms with E-state index >= 15 is 0 Å². The summed E-state index contributed by atoms with van der Waals surface area (Å²) >= 11 is 0. The fourth-order valence-electron chi connectivity index (χ4n) is 2.72. The molecule has 0 aliphatic heterocycles. The van der Waals surface area contributed by atoms with Crippen molar-refractivity contribution in [1.82, 2.24) is 25.1 Å². The summed E-state index contributed by atoms with van der Waals surface area (Å²) in [5.41, 5.74) is 2.13. The maximum Gasteiger partial charge on any atom is 0.264 e. The summed E-state index contributed by atoms with van der Waals surface area (Å²) in [6.45, 7) is 3.28. The van der Waals surface area contributed by atoms with Crippen molar-refractivity contribution in [3.8, 4) is 11.8 Å². The van der Waals surface area contributed by atoms with Crippen LogP contribution in [-0.2, 0) is 10.0 Å². The highest BCUT2D eigenvalue weighted by Crippen LogP contribution is 2.21. The summed E-state index contributed by atoms with van der Waals surface area (Å²) in [6, 6.07) is 4.59. The second kappa shape index (κ2) is 7.53. The van der Waals surface area contributed by atoms with Crippen LogP contribution in [0.1, 0.15) is 22.4 Å². The van der Waals surface area contributed by atoms with E-state index < -0.39 is 21.7 Å². The second-order valence-corrected chi connectivity index (χ2v) is 8.16. The lowest BCUT2D eigenvalue weighted by Crippen LogP contribution is -2.17. The van der Waals surface area contributed by atoms with Crippen LogP contribution < -0.4 is 4.72 Å². The van der Waals surface area contributed by atoms with E-state index in [2.05, 4.69) is 41.7 Å². The van der Waals surface area contributed by atoms with Crippen LogP contribution >= 0.6 is 0 Å². The number of H-pyrrole nitrogens is 1. The molecule has 4 rings (SSSR count). The molecule has 0 aliphatic rings. The van der Waals surface area contributed by atoms with E-state index in [1.165, 1.54) is 24.5 Å². The Balaban J connectivity index is 1.66. The van der Waals surface area contributed by atoms with E-state index in [4.69, 9.17) is 0 Å². The van der Waals surface area contributed by atoms with Gasteiger partial charge in [0, 0.05) is 29.5 Å². The lowest BCUT2D eigenvalue weighted by atomic mass is 10.2. The van der Waals surface area contributed by atoms with Gasteiger partial charge in [0.15, 0.2) is 17.3 Å². The highest BCUT2D eigenvalue weighted by Gasteiger charge is 2.21. The van der Waals surface area contributed by atoms with Crippen LogP contribution in [0.5, 0.6) is 0 Å². The fourth-order valence-corrected chi connectivity index (χ4v) is 4.01. The average Bonchev–Trinajstić information content (AvgIpc) is 3.18. The van der Waals surface area contributed by atoms with Crippen molar-refractivity contribution in [3.05, 3.63) is 71.2 Å². The molecule has 4 aromatic rings. The summed E-state index contributed by atoms with van der Waals surface area (Å²) in [6.07, 6.45) is 5.97.